The van der Waals surface area contributed by atoms with Crippen LogP contribution < -0.4 is 9.62 Å². The second-order valence-electron chi connectivity index (χ2n) is 6.62. The molecule has 1 aliphatic rings. The molecule has 4 rings (SSSR count). The number of carbonyl (C=O) groups excluding carboxylic acids is 1. The number of benzene rings is 2. The second-order valence-corrected chi connectivity index (χ2v) is 8.38. The van der Waals surface area contributed by atoms with Crippen molar-refractivity contribution in [1.29, 1.82) is 0 Å². The number of rotatable bonds is 5. The van der Waals surface area contributed by atoms with Crippen LogP contribution in [0.15, 0.2) is 51.8 Å². The third-order valence-corrected chi connectivity index (χ3v) is 5.98. The Morgan fingerprint density at radius 3 is 2.79 bits per heavy atom. The van der Waals surface area contributed by atoms with Gasteiger partial charge in [-0.2, -0.15) is 0 Å². The zero-order chi connectivity index (χ0) is 19.9. The van der Waals surface area contributed by atoms with E-state index in [0.29, 0.717) is 11.5 Å². The number of anilines is 1. The van der Waals surface area contributed by atoms with Crippen molar-refractivity contribution in [2.24, 2.45) is 0 Å². The first kappa shape index (κ1) is 18.3. The van der Waals surface area contributed by atoms with Gasteiger partial charge in [0.05, 0.1) is 17.9 Å². The summed E-state index contributed by atoms with van der Waals surface area (Å²) in [7, 11) is -2.12. The van der Waals surface area contributed by atoms with Gasteiger partial charge in [0.15, 0.2) is 0 Å². The van der Waals surface area contributed by atoms with Crippen molar-refractivity contribution in [2.75, 3.05) is 11.9 Å². The quantitative estimate of drug-likeness (QED) is 0.705. The van der Waals surface area contributed by atoms with Crippen molar-refractivity contribution >= 4 is 21.6 Å². The Balaban J connectivity index is 1.49. The fourth-order valence-corrected chi connectivity index (χ4v) is 4.10. The van der Waals surface area contributed by atoms with E-state index in [2.05, 4.69) is 14.9 Å². The number of hydrogen-bond donors (Lipinski definition) is 1. The molecular weight excluding hydrogens is 380 g/mol. The summed E-state index contributed by atoms with van der Waals surface area (Å²) in [5, 5.41) is 7.87. The van der Waals surface area contributed by atoms with Gasteiger partial charge in [-0.25, -0.2) is 13.1 Å². The van der Waals surface area contributed by atoms with Crippen LogP contribution >= 0.6 is 0 Å². The number of carbonyl (C=O) groups is 1. The van der Waals surface area contributed by atoms with E-state index < -0.39 is 10.0 Å². The summed E-state index contributed by atoms with van der Waals surface area (Å²) in [4.78, 5) is 13.4. The monoisotopic (exact) mass is 398 g/mol. The Labute approximate surface area is 162 Å². The molecule has 3 aromatic rings. The van der Waals surface area contributed by atoms with Gasteiger partial charge in [-0.15, -0.1) is 10.2 Å². The molecule has 2 aromatic carbocycles. The molecule has 1 amide bonds. The molecule has 0 atom stereocenters. The van der Waals surface area contributed by atoms with Gasteiger partial charge in [-0.3, -0.25) is 4.79 Å². The Morgan fingerprint density at radius 1 is 1.18 bits per heavy atom. The van der Waals surface area contributed by atoms with E-state index in [1.54, 1.807) is 13.1 Å². The van der Waals surface area contributed by atoms with E-state index in [-0.39, 0.29) is 29.7 Å². The third kappa shape index (κ3) is 3.41. The van der Waals surface area contributed by atoms with E-state index in [1.807, 2.05) is 31.2 Å². The molecular formula is C19H18N4O4S. The maximum absolute atomic E-state index is 12.6. The Hall–Kier alpha value is -3.04. The predicted octanol–water partition coefficient (Wildman–Crippen LogP) is 2.04. The summed E-state index contributed by atoms with van der Waals surface area (Å²) in [5.74, 6) is 0.431. The lowest BCUT2D eigenvalue weighted by molar-refractivity contribution is -0.117. The molecule has 144 valence electrons. The minimum absolute atomic E-state index is 0.0629. The molecule has 1 aromatic heterocycles. The fourth-order valence-electron chi connectivity index (χ4n) is 3.07. The molecule has 0 saturated carbocycles. The van der Waals surface area contributed by atoms with Crippen LogP contribution in [0.2, 0.25) is 0 Å². The number of fused-ring (bicyclic) bond motifs is 1. The van der Waals surface area contributed by atoms with E-state index >= 15 is 0 Å². The summed E-state index contributed by atoms with van der Waals surface area (Å²) in [6, 6.07) is 12.2. The highest BCUT2D eigenvalue weighted by Crippen LogP contribution is 2.29. The molecule has 1 aliphatic heterocycles. The van der Waals surface area contributed by atoms with Crippen LogP contribution in [-0.4, -0.2) is 31.6 Å². The van der Waals surface area contributed by atoms with Crippen molar-refractivity contribution in [3.63, 3.8) is 0 Å². The highest BCUT2D eigenvalue weighted by atomic mass is 32.2. The number of nitrogens with zero attached hydrogens (tertiary/aromatic N) is 3. The number of amides is 1. The summed E-state index contributed by atoms with van der Waals surface area (Å²) >= 11 is 0. The van der Waals surface area contributed by atoms with Gasteiger partial charge in [-0.1, -0.05) is 17.7 Å². The van der Waals surface area contributed by atoms with Gasteiger partial charge in [0.2, 0.25) is 27.7 Å². The average molecular weight is 398 g/mol. The molecule has 9 heteroatoms. The molecule has 0 radical (unpaired) electrons. The Morgan fingerprint density at radius 2 is 2.00 bits per heavy atom. The smallest absolute Gasteiger partial charge is 0.247 e. The molecule has 0 aliphatic carbocycles. The first-order chi connectivity index (χ1) is 13.3. The first-order valence-corrected chi connectivity index (χ1v) is 10.1. The van der Waals surface area contributed by atoms with Crippen molar-refractivity contribution in [1.82, 2.24) is 14.9 Å². The van der Waals surface area contributed by atoms with Crippen LogP contribution in [0, 0.1) is 6.92 Å². The molecule has 0 spiro atoms. The Bertz CT molecular complexity index is 1170. The summed E-state index contributed by atoms with van der Waals surface area (Å²) in [6.07, 6.45) is 0.193. The largest absolute Gasteiger partial charge is 0.419 e. The summed E-state index contributed by atoms with van der Waals surface area (Å²) in [5.41, 5.74) is 3.24. The average Bonchev–Trinajstić information content (AvgIpc) is 3.25. The van der Waals surface area contributed by atoms with Crippen molar-refractivity contribution in [2.45, 2.75) is 24.8 Å². The molecule has 1 N–H and O–H groups in total. The Kier molecular flexibility index (Phi) is 4.48. The second kappa shape index (κ2) is 6.84. The van der Waals surface area contributed by atoms with Gasteiger partial charge < -0.3 is 9.32 Å². The molecule has 28 heavy (non-hydrogen) atoms. The van der Waals surface area contributed by atoms with Gasteiger partial charge in [-0.05, 0) is 42.8 Å². The SMILES string of the molecule is Cc1cccc(-c2nnc(CNS(=O)(=O)c3ccc4c(c3)CC(=O)N4C)o2)c1. The lowest BCUT2D eigenvalue weighted by Gasteiger charge is -2.11. The minimum Gasteiger partial charge on any atom is -0.419 e. The van der Waals surface area contributed by atoms with Crippen LogP contribution in [0.25, 0.3) is 11.5 Å². The van der Waals surface area contributed by atoms with E-state index in [1.165, 1.54) is 17.0 Å². The van der Waals surface area contributed by atoms with Crippen LogP contribution in [0.1, 0.15) is 17.0 Å². The molecule has 2 heterocycles. The number of hydrogen-bond acceptors (Lipinski definition) is 6. The molecule has 0 bridgehead atoms. The number of aryl methyl sites for hydroxylation is 1. The lowest BCUT2D eigenvalue weighted by atomic mass is 10.1. The first-order valence-electron chi connectivity index (χ1n) is 8.62. The summed E-state index contributed by atoms with van der Waals surface area (Å²) < 4.78 is 33.2. The molecule has 0 fully saturated rings. The van der Waals surface area contributed by atoms with Crippen molar-refractivity contribution in [3.05, 3.63) is 59.5 Å². The molecule has 0 saturated heterocycles. The number of sulfonamides is 1. The van der Waals surface area contributed by atoms with Gasteiger partial charge in [0, 0.05) is 18.3 Å². The zero-order valence-corrected chi connectivity index (χ0v) is 16.2. The van der Waals surface area contributed by atoms with Gasteiger partial charge in [0.1, 0.15) is 0 Å². The number of likely N-dealkylation sites (N-methyl/N-ethyl adjacent to an activating group) is 1. The van der Waals surface area contributed by atoms with Crippen LogP contribution in [0.4, 0.5) is 5.69 Å². The van der Waals surface area contributed by atoms with Crippen LogP contribution in [-0.2, 0) is 27.8 Å². The standard InChI is InChI=1S/C19H18N4O4S/c1-12-4-3-5-13(8-12)19-22-21-17(27-19)11-20-28(25,26)15-6-7-16-14(9-15)10-18(24)23(16)2/h3-9,20H,10-11H2,1-2H3. The normalized spacial score (nSPS) is 13.8. The summed E-state index contributed by atoms with van der Waals surface area (Å²) in [6.45, 7) is 1.83. The van der Waals surface area contributed by atoms with Crippen LogP contribution in [0.5, 0.6) is 0 Å². The third-order valence-electron chi connectivity index (χ3n) is 4.58. The van der Waals surface area contributed by atoms with E-state index in [0.717, 1.165) is 16.8 Å². The van der Waals surface area contributed by atoms with Crippen LogP contribution in [0.3, 0.4) is 0 Å². The highest BCUT2D eigenvalue weighted by molar-refractivity contribution is 7.89. The predicted molar refractivity (Wildman–Crippen MR) is 102 cm³/mol. The number of nitrogens with one attached hydrogen (secondary N) is 1. The van der Waals surface area contributed by atoms with E-state index in [9.17, 15) is 13.2 Å². The van der Waals surface area contributed by atoms with E-state index in [4.69, 9.17) is 4.42 Å². The molecule has 0 unspecified atom stereocenters. The molecule has 8 nitrogen and oxygen atoms in total. The van der Waals surface area contributed by atoms with Gasteiger partial charge in [0.25, 0.3) is 0 Å². The van der Waals surface area contributed by atoms with Gasteiger partial charge >= 0.3 is 0 Å². The maximum Gasteiger partial charge on any atom is 0.247 e. The minimum atomic E-state index is -3.78. The van der Waals surface area contributed by atoms with Crippen molar-refractivity contribution < 1.29 is 17.6 Å². The number of aromatic nitrogens is 2. The maximum atomic E-state index is 12.6. The lowest BCUT2D eigenvalue weighted by Crippen LogP contribution is -2.23. The zero-order valence-electron chi connectivity index (χ0n) is 15.3. The topological polar surface area (TPSA) is 105 Å². The van der Waals surface area contributed by atoms with Crippen molar-refractivity contribution in [3.8, 4) is 11.5 Å². The fraction of sp³-hybridized carbons (Fsp3) is 0.211. The highest BCUT2D eigenvalue weighted by Gasteiger charge is 2.26.